The Labute approximate surface area is 116 Å². The van der Waals surface area contributed by atoms with Crippen LogP contribution in [0.5, 0.6) is 5.75 Å². The molecule has 0 saturated carbocycles. The van der Waals surface area contributed by atoms with Crippen molar-refractivity contribution in [3.8, 4) is 5.75 Å². The molecule has 0 amide bonds. The average Bonchev–Trinajstić information content (AvgIpc) is 2.90. The van der Waals surface area contributed by atoms with Crippen molar-refractivity contribution in [1.29, 1.82) is 0 Å². The smallest absolute Gasteiger partial charge is 0.146 e. The van der Waals surface area contributed by atoms with Crippen LogP contribution in [0.4, 0.5) is 14.5 Å². The van der Waals surface area contributed by atoms with E-state index in [4.69, 9.17) is 4.74 Å². The van der Waals surface area contributed by atoms with Crippen molar-refractivity contribution >= 4 is 5.69 Å². The van der Waals surface area contributed by atoms with E-state index in [0.717, 1.165) is 37.3 Å². The second-order valence-electron chi connectivity index (χ2n) is 4.84. The zero-order valence-corrected chi connectivity index (χ0v) is 11.0. The largest absolute Gasteiger partial charge is 0.493 e. The highest BCUT2D eigenvalue weighted by molar-refractivity contribution is 5.45. The molecule has 0 fully saturated rings. The minimum Gasteiger partial charge on any atom is -0.493 e. The Morgan fingerprint density at radius 1 is 1.10 bits per heavy atom. The lowest BCUT2D eigenvalue weighted by atomic mass is 10.1. The van der Waals surface area contributed by atoms with Gasteiger partial charge in [0.2, 0.25) is 0 Å². The first-order chi connectivity index (χ1) is 9.72. The third-order valence-corrected chi connectivity index (χ3v) is 3.41. The lowest BCUT2D eigenvalue weighted by Crippen LogP contribution is -2.06. The van der Waals surface area contributed by atoms with Gasteiger partial charge in [0.1, 0.15) is 17.4 Å². The summed E-state index contributed by atoms with van der Waals surface area (Å²) in [6.45, 7) is 1.30. The van der Waals surface area contributed by atoms with Gasteiger partial charge in [0.25, 0.3) is 0 Å². The molecule has 104 valence electrons. The van der Waals surface area contributed by atoms with Crippen LogP contribution >= 0.6 is 0 Å². The number of fused-ring (bicyclic) bond motifs is 1. The highest BCUT2D eigenvalue weighted by atomic mass is 19.1. The summed E-state index contributed by atoms with van der Waals surface area (Å²) in [5.74, 6) is 0.0789. The van der Waals surface area contributed by atoms with Crippen molar-refractivity contribution in [3.05, 3.63) is 59.2 Å². The van der Waals surface area contributed by atoms with Crippen LogP contribution in [0.25, 0.3) is 0 Å². The van der Waals surface area contributed by atoms with Gasteiger partial charge in [-0.05, 0) is 41.8 Å². The Morgan fingerprint density at radius 3 is 2.90 bits per heavy atom. The maximum Gasteiger partial charge on any atom is 0.146 e. The van der Waals surface area contributed by atoms with Crippen LogP contribution in [0, 0.1) is 11.6 Å². The van der Waals surface area contributed by atoms with Crippen molar-refractivity contribution in [2.45, 2.75) is 12.8 Å². The van der Waals surface area contributed by atoms with Crippen LogP contribution in [0.1, 0.15) is 11.1 Å². The maximum absolute atomic E-state index is 13.4. The van der Waals surface area contributed by atoms with Crippen LogP contribution in [0.3, 0.4) is 0 Å². The van der Waals surface area contributed by atoms with Gasteiger partial charge in [-0.2, -0.15) is 0 Å². The van der Waals surface area contributed by atoms with Crippen molar-refractivity contribution < 1.29 is 13.5 Å². The number of hydrogen-bond donors (Lipinski definition) is 1. The van der Waals surface area contributed by atoms with Crippen molar-refractivity contribution in [3.63, 3.8) is 0 Å². The molecule has 0 spiro atoms. The van der Waals surface area contributed by atoms with E-state index < -0.39 is 11.6 Å². The number of ether oxygens (including phenoxy) is 1. The molecule has 1 N–H and O–H groups in total. The van der Waals surface area contributed by atoms with Crippen LogP contribution in [0.2, 0.25) is 0 Å². The summed E-state index contributed by atoms with van der Waals surface area (Å²) in [6.07, 6.45) is 1.69. The Morgan fingerprint density at radius 2 is 2.00 bits per heavy atom. The zero-order chi connectivity index (χ0) is 13.9. The molecule has 20 heavy (non-hydrogen) atoms. The first-order valence-electron chi connectivity index (χ1n) is 6.66. The Hall–Kier alpha value is -2.10. The minimum atomic E-state index is -0.441. The van der Waals surface area contributed by atoms with Gasteiger partial charge >= 0.3 is 0 Å². The Bertz CT molecular complexity index is 628. The summed E-state index contributed by atoms with van der Waals surface area (Å²) in [5, 5.41) is 2.92. The molecular formula is C16H15F2NO. The predicted molar refractivity (Wildman–Crippen MR) is 74.2 cm³/mol. The fraction of sp³-hybridized carbons (Fsp3) is 0.250. The SMILES string of the molecule is Fc1ccc(F)c(NCCc2ccc3c(c2)CCO3)c1. The summed E-state index contributed by atoms with van der Waals surface area (Å²) < 4.78 is 31.9. The van der Waals surface area contributed by atoms with Crippen molar-refractivity contribution in [2.24, 2.45) is 0 Å². The lowest BCUT2D eigenvalue weighted by molar-refractivity contribution is 0.357. The molecule has 0 radical (unpaired) electrons. The lowest BCUT2D eigenvalue weighted by Gasteiger charge is -2.08. The van der Waals surface area contributed by atoms with E-state index in [1.807, 2.05) is 12.1 Å². The topological polar surface area (TPSA) is 21.3 Å². The van der Waals surface area contributed by atoms with Crippen LogP contribution in [-0.2, 0) is 12.8 Å². The van der Waals surface area contributed by atoms with E-state index in [1.165, 1.54) is 17.2 Å². The zero-order valence-electron chi connectivity index (χ0n) is 11.0. The molecule has 0 aromatic heterocycles. The number of hydrogen-bond acceptors (Lipinski definition) is 2. The summed E-state index contributed by atoms with van der Waals surface area (Å²) in [7, 11) is 0. The quantitative estimate of drug-likeness (QED) is 0.921. The normalized spacial score (nSPS) is 12.9. The van der Waals surface area contributed by atoms with Gasteiger partial charge in [0.15, 0.2) is 0 Å². The van der Waals surface area contributed by atoms with Crippen LogP contribution in [0.15, 0.2) is 36.4 Å². The molecule has 4 heteroatoms. The number of benzene rings is 2. The van der Waals surface area contributed by atoms with Crippen LogP contribution in [-0.4, -0.2) is 13.2 Å². The molecule has 2 aromatic rings. The van der Waals surface area contributed by atoms with Gasteiger partial charge in [-0.3, -0.25) is 0 Å². The van der Waals surface area contributed by atoms with E-state index >= 15 is 0 Å². The molecule has 0 bridgehead atoms. The number of rotatable bonds is 4. The summed E-state index contributed by atoms with van der Waals surface area (Å²) in [5.41, 5.74) is 2.59. The van der Waals surface area contributed by atoms with E-state index in [1.54, 1.807) is 0 Å². The molecule has 1 aliphatic heterocycles. The molecule has 0 aliphatic carbocycles. The first kappa shape index (κ1) is 12.9. The van der Waals surface area contributed by atoms with E-state index in [0.29, 0.717) is 6.54 Å². The highest BCUT2D eigenvalue weighted by Crippen LogP contribution is 2.26. The fourth-order valence-corrected chi connectivity index (χ4v) is 2.37. The summed E-state index contributed by atoms with van der Waals surface area (Å²) in [4.78, 5) is 0. The molecule has 0 saturated heterocycles. The molecule has 2 aromatic carbocycles. The van der Waals surface area contributed by atoms with Gasteiger partial charge in [-0.15, -0.1) is 0 Å². The predicted octanol–water partition coefficient (Wildman–Crippen LogP) is 3.55. The second kappa shape index (κ2) is 5.49. The summed E-state index contributed by atoms with van der Waals surface area (Å²) >= 11 is 0. The molecule has 0 atom stereocenters. The molecule has 2 nitrogen and oxygen atoms in total. The summed E-state index contributed by atoms with van der Waals surface area (Å²) in [6, 6.07) is 9.51. The Balaban J connectivity index is 1.61. The second-order valence-corrected chi connectivity index (χ2v) is 4.84. The van der Waals surface area contributed by atoms with Gasteiger partial charge < -0.3 is 10.1 Å². The molecule has 1 aliphatic rings. The third kappa shape index (κ3) is 2.74. The highest BCUT2D eigenvalue weighted by Gasteiger charge is 2.11. The van der Waals surface area contributed by atoms with E-state index in [-0.39, 0.29) is 5.69 Å². The van der Waals surface area contributed by atoms with Crippen LogP contribution < -0.4 is 10.1 Å². The molecule has 0 unspecified atom stereocenters. The number of anilines is 1. The van der Waals surface area contributed by atoms with Gasteiger partial charge in [0, 0.05) is 13.0 Å². The number of halogens is 2. The average molecular weight is 275 g/mol. The molecule has 3 rings (SSSR count). The monoisotopic (exact) mass is 275 g/mol. The molecule has 1 heterocycles. The molecular weight excluding hydrogens is 260 g/mol. The first-order valence-corrected chi connectivity index (χ1v) is 6.66. The van der Waals surface area contributed by atoms with E-state index in [9.17, 15) is 8.78 Å². The standard InChI is InChI=1S/C16H15F2NO/c17-13-2-3-14(18)15(10-13)19-7-5-11-1-4-16-12(9-11)6-8-20-16/h1-4,9-10,19H,5-8H2. The van der Waals surface area contributed by atoms with Gasteiger partial charge in [-0.1, -0.05) is 12.1 Å². The van der Waals surface area contributed by atoms with Gasteiger partial charge in [-0.25, -0.2) is 8.78 Å². The minimum absolute atomic E-state index is 0.203. The van der Waals surface area contributed by atoms with Crippen molar-refractivity contribution in [2.75, 3.05) is 18.5 Å². The number of nitrogens with one attached hydrogen (secondary N) is 1. The van der Waals surface area contributed by atoms with E-state index in [2.05, 4.69) is 11.4 Å². The maximum atomic E-state index is 13.4. The third-order valence-electron chi connectivity index (χ3n) is 3.41. The van der Waals surface area contributed by atoms with Gasteiger partial charge in [0.05, 0.1) is 12.3 Å². The fourth-order valence-electron chi connectivity index (χ4n) is 2.37. The Kier molecular flexibility index (Phi) is 3.54. The van der Waals surface area contributed by atoms with Crippen molar-refractivity contribution in [1.82, 2.24) is 0 Å².